The van der Waals surface area contributed by atoms with Crippen molar-refractivity contribution >= 4 is 97.5 Å². The van der Waals surface area contributed by atoms with E-state index in [1.807, 2.05) is 0 Å². The van der Waals surface area contributed by atoms with Crippen LogP contribution in [0, 0.1) is 0 Å². The molecular formula is C80H137N17O38P2. The third-order valence-electron chi connectivity index (χ3n) is 22.1. The van der Waals surface area contributed by atoms with Crippen molar-refractivity contribution in [3.63, 3.8) is 0 Å². The number of nitrogens with zero attached hydrogens (tertiary/aromatic N) is 5. The fourth-order valence-electron chi connectivity index (χ4n) is 15.0. The van der Waals surface area contributed by atoms with Crippen molar-refractivity contribution in [1.29, 1.82) is 0 Å². The van der Waals surface area contributed by atoms with Crippen LogP contribution in [-0.2, 0) is 118 Å². The molecule has 0 saturated carbocycles. The summed E-state index contributed by atoms with van der Waals surface area (Å²) in [5.74, 6) is -4.93. The predicted molar refractivity (Wildman–Crippen MR) is 470 cm³/mol. The number of carbonyl (C=O) groups excluding carboxylic acids is 11. The number of β-amino-alcohol motifs (C(OH)–C–C–N with tert-alkyl or cyclic N) is 1. The SMILES string of the molecule is CC(=O)NC1C(OCCCCC(=O)NCCCNC(=O)CCOCC(COCCC(=O)NCCCNC(=O)CCCCOC2OC(CO)C(O)C(O)C2NC(C)=O)(COCCC(=O)NCCCNC(=O)CCCCOC2OC(CO)C(O)C(O)C2NC(C)=O)NC(=O)CNC(=O)N2C[C@H](O)C[C@H]2COP(=O)(O)O[C@H]2C[C@H](n3cnc4c(N)ncnc43)O[C@@H]2COP(C)(=O)O)OC(CO)C(O)C1O. The second-order valence-electron chi connectivity index (χ2n) is 33.5. The van der Waals surface area contributed by atoms with Crippen LogP contribution in [0.15, 0.2) is 12.7 Å². The summed E-state index contributed by atoms with van der Waals surface area (Å²) in [6, 6.07) is -5.54. The van der Waals surface area contributed by atoms with E-state index < -0.39 is 250 Å². The normalized spacial score (nSPS) is 26.8. The number of rotatable bonds is 63. The summed E-state index contributed by atoms with van der Waals surface area (Å²) in [5.41, 5.74) is 4.61. The second-order valence-corrected chi connectivity index (χ2v) is 36.8. The Labute approximate surface area is 788 Å². The van der Waals surface area contributed by atoms with Gasteiger partial charge in [0, 0.05) is 138 Å². The van der Waals surface area contributed by atoms with E-state index in [0.29, 0.717) is 38.5 Å². The molecule has 137 heavy (non-hydrogen) atoms. The average molecular weight is 2010 g/mol. The molecule has 7 heterocycles. The number of phosphoric acid groups is 1. The van der Waals surface area contributed by atoms with E-state index >= 15 is 0 Å². The van der Waals surface area contributed by atoms with E-state index in [0.717, 1.165) is 11.6 Å². The van der Waals surface area contributed by atoms with Gasteiger partial charge < -0.3 is 182 Å². The molecule has 0 aromatic carbocycles. The first kappa shape index (κ1) is 116. The van der Waals surface area contributed by atoms with Crippen molar-refractivity contribution in [2.24, 2.45) is 0 Å². The molecule has 780 valence electrons. The number of imidazole rings is 1. The van der Waals surface area contributed by atoms with Gasteiger partial charge in [0.2, 0.25) is 59.1 Å². The topological polar surface area (TPSA) is 790 Å². The number of nitrogen functional groups attached to an aromatic ring is 1. The predicted octanol–water partition coefficient (Wildman–Crippen LogP) is -8.49. The Kier molecular flexibility index (Phi) is 50.3. The molecule has 17 unspecified atom stereocenters. The third kappa shape index (κ3) is 40.4. The standard InChI is InChI=1S/C80H137N17O38P2/c1-46(101)92-64-71(115)68(112)52(36-98)132-76(64)126-26-8-5-14-56(105)82-20-11-23-85-59(108)17-29-123-41-80(42-124-30-18-60(109)86-24-12-21-83-57(106)15-6-9-27-127-77-65(93-47(2)102)72(116)69(113)53(37-99)133-77,43-125-31-19-61(110)87-25-13-22-84-58(107)16-7-10-28-128-78-66(94-48(3)103)73(117)70(114)54(38-100)134-78)95-62(111)34-88-79(118)96-35-50(104)32-49(96)39-130-137(121,122)135-51-33-63(131-55(51)40-129-136(4,119)120)97-45-91-67-74(81)89-44-90-75(67)97/h44-45,49-55,63-66,68-73,76-78,98-100,104,112-117H,5-43H2,1-4H3,(H,82,105)(H,83,106)(H,84,107)(H,85,108)(H,86,109)(H,87,110)(H,88,118)(H,92,101)(H,93,102)(H,94,103)(H,95,111)(H,119,120)(H,121,122)(H2,81,89,90)/t49-,50+,51-,52?,53?,54?,55+,63+,64?,65?,66?,68?,69?,70?,71?,72?,73?,76?,77?,78?,80?/m0/s1. The number of likely N-dealkylation sites (tertiary alicyclic amines) is 1. The smallest absolute Gasteiger partial charge is 0.394 e. The minimum atomic E-state index is -5.17. The summed E-state index contributed by atoms with van der Waals surface area (Å²) in [6.07, 6.45) is -16.6. The van der Waals surface area contributed by atoms with Crippen molar-refractivity contribution in [3.05, 3.63) is 12.7 Å². The van der Waals surface area contributed by atoms with E-state index in [1.165, 1.54) is 38.0 Å². The number of anilines is 1. The van der Waals surface area contributed by atoms with Gasteiger partial charge in [0.25, 0.3) is 0 Å². The number of ether oxygens (including phenoxy) is 10. The summed E-state index contributed by atoms with van der Waals surface area (Å²) in [7, 11) is -9.31. The number of hydrogen-bond donors (Lipinski definition) is 24. The van der Waals surface area contributed by atoms with Crippen LogP contribution in [0.4, 0.5) is 10.6 Å². The molecule has 5 fully saturated rings. The first-order chi connectivity index (χ1) is 65.2. The maximum Gasteiger partial charge on any atom is 0.472 e. The van der Waals surface area contributed by atoms with Crippen LogP contribution in [0.25, 0.3) is 11.2 Å². The summed E-state index contributed by atoms with van der Waals surface area (Å²) >= 11 is 0. The number of aliphatic hydroxyl groups excluding tert-OH is 10. The summed E-state index contributed by atoms with van der Waals surface area (Å²) in [5, 5.41) is 131. The molecule has 57 heteroatoms. The highest BCUT2D eigenvalue weighted by Crippen LogP contribution is 2.50. The number of aliphatic hydroxyl groups is 10. The Balaban J connectivity index is 0.949. The molecule has 0 spiro atoms. The highest BCUT2D eigenvalue weighted by molar-refractivity contribution is 7.51. The van der Waals surface area contributed by atoms with Crippen LogP contribution in [0.2, 0.25) is 0 Å². The maximum atomic E-state index is 14.4. The molecule has 0 bridgehead atoms. The molecule has 7 rings (SSSR count). The number of nitrogens with two attached hydrogens (primary N) is 1. The molecular weight excluding hydrogens is 1870 g/mol. The molecule has 2 aromatic rings. The monoisotopic (exact) mass is 2010 g/mol. The van der Waals surface area contributed by atoms with E-state index in [2.05, 4.69) is 73.4 Å². The number of urea groups is 1. The Morgan fingerprint density at radius 1 is 0.474 bits per heavy atom. The van der Waals surface area contributed by atoms with E-state index in [-0.39, 0.29) is 191 Å². The number of phosphoric ester groups is 1. The molecule has 25 N–H and O–H groups in total. The minimum absolute atomic E-state index is 0.0257. The zero-order valence-electron chi connectivity index (χ0n) is 77.0. The summed E-state index contributed by atoms with van der Waals surface area (Å²) in [6.45, 7) is -1.52. The molecule has 22 atom stereocenters. The minimum Gasteiger partial charge on any atom is -0.394 e. The average Bonchev–Trinajstić information content (AvgIpc) is 1.72. The number of fused-ring (bicyclic) bond motifs is 1. The zero-order valence-corrected chi connectivity index (χ0v) is 78.8. The van der Waals surface area contributed by atoms with Gasteiger partial charge in [-0.15, -0.1) is 0 Å². The Hall–Kier alpha value is -8.22. The molecule has 2 aromatic heterocycles. The van der Waals surface area contributed by atoms with Gasteiger partial charge in [-0.25, -0.2) is 24.3 Å². The molecule has 0 radical (unpaired) electrons. The lowest BCUT2D eigenvalue weighted by atomic mass is 9.97. The molecule has 0 aliphatic carbocycles. The Morgan fingerprint density at radius 2 is 0.869 bits per heavy atom. The van der Waals surface area contributed by atoms with Gasteiger partial charge in [-0.05, 0) is 64.2 Å². The van der Waals surface area contributed by atoms with Crippen LogP contribution in [0.3, 0.4) is 0 Å². The van der Waals surface area contributed by atoms with Crippen LogP contribution < -0.4 is 64.2 Å². The van der Waals surface area contributed by atoms with Crippen molar-refractivity contribution in [1.82, 2.24) is 82.9 Å². The van der Waals surface area contributed by atoms with Gasteiger partial charge in [-0.2, -0.15) is 0 Å². The highest BCUT2D eigenvalue weighted by atomic mass is 31.2. The van der Waals surface area contributed by atoms with Crippen LogP contribution >= 0.6 is 15.4 Å². The number of unbranched alkanes of at least 4 members (excludes halogenated alkanes) is 3. The summed E-state index contributed by atoms with van der Waals surface area (Å²) < 4.78 is 102. The van der Waals surface area contributed by atoms with Gasteiger partial charge >= 0.3 is 21.4 Å². The molecule has 12 amide bonds. The Morgan fingerprint density at radius 3 is 1.25 bits per heavy atom. The largest absolute Gasteiger partial charge is 0.472 e. The molecule has 5 saturated heterocycles. The van der Waals surface area contributed by atoms with Gasteiger partial charge in [0.1, 0.15) is 109 Å². The molecule has 5 aliphatic heterocycles. The third-order valence-corrected chi connectivity index (χ3v) is 23.7. The number of carbonyl (C=O) groups is 11. The first-order valence-corrected chi connectivity index (χ1v) is 48.8. The molecule has 5 aliphatic rings. The van der Waals surface area contributed by atoms with Gasteiger partial charge in [-0.1, -0.05) is 0 Å². The highest BCUT2D eigenvalue weighted by Gasteiger charge is 2.50. The number of hydrogen-bond acceptors (Lipinski definition) is 40. The molecule has 55 nitrogen and oxygen atoms in total. The fraction of sp³-hybridized carbons (Fsp3) is 0.800. The van der Waals surface area contributed by atoms with Crippen molar-refractivity contribution in [2.75, 3.05) is 157 Å². The fourth-order valence-corrected chi connectivity index (χ4v) is 16.4. The second kappa shape index (κ2) is 59.5. The quantitative estimate of drug-likeness (QED) is 0.0216. The summed E-state index contributed by atoms with van der Waals surface area (Å²) in [4.78, 5) is 177. The van der Waals surface area contributed by atoms with Crippen LogP contribution in [0.5, 0.6) is 0 Å². The van der Waals surface area contributed by atoms with E-state index in [1.54, 1.807) is 0 Å². The van der Waals surface area contributed by atoms with Crippen molar-refractivity contribution in [2.45, 2.75) is 258 Å². The van der Waals surface area contributed by atoms with Crippen LogP contribution in [-0.4, -0.2) is 424 Å². The number of aromatic nitrogens is 4. The number of nitrogens with one attached hydrogen (secondary N) is 11. The maximum absolute atomic E-state index is 14.4. The van der Waals surface area contributed by atoms with Crippen molar-refractivity contribution < 1.29 is 184 Å². The lowest BCUT2D eigenvalue weighted by Crippen LogP contribution is -2.64. The van der Waals surface area contributed by atoms with Crippen molar-refractivity contribution in [3.8, 4) is 0 Å². The lowest BCUT2D eigenvalue weighted by Gasteiger charge is -2.42. The van der Waals surface area contributed by atoms with Crippen LogP contribution in [0.1, 0.15) is 136 Å². The first-order valence-electron chi connectivity index (χ1n) is 45.3. The van der Waals surface area contributed by atoms with Gasteiger partial charge in [-0.3, -0.25) is 66.1 Å². The van der Waals surface area contributed by atoms with Gasteiger partial charge in [0.15, 0.2) is 30.3 Å². The van der Waals surface area contributed by atoms with Gasteiger partial charge in [0.05, 0.1) is 97.7 Å². The zero-order chi connectivity index (χ0) is 100. The number of amides is 12. The lowest BCUT2D eigenvalue weighted by molar-refractivity contribution is -0.270. The van der Waals surface area contributed by atoms with E-state index in [9.17, 15) is 123 Å². The van der Waals surface area contributed by atoms with E-state index in [4.69, 9.17) is 66.7 Å². The Bertz CT molecular complexity index is 3970.